The number of aliphatic imine (C=N–C) groups is 1. The second kappa shape index (κ2) is 15.6. The van der Waals surface area contributed by atoms with Gasteiger partial charge in [0.2, 0.25) is 0 Å². The van der Waals surface area contributed by atoms with Gasteiger partial charge in [-0.25, -0.2) is 4.99 Å². The molecule has 1 amide bonds. The smallest absolute Gasteiger partial charge is 0.254 e. The van der Waals surface area contributed by atoms with E-state index in [1.165, 1.54) is 14.0 Å². The van der Waals surface area contributed by atoms with Crippen LogP contribution in [0.4, 0.5) is 0 Å². The highest BCUT2D eigenvalue weighted by Gasteiger charge is 2.61. The summed E-state index contributed by atoms with van der Waals surface area (Å²) in [7, 11) is 1.51. The lowest BCUT2D eigenvalue weighted by atomic mass is 9.83. The number of nitrogens with one attached hydrogen (secondary N) is 3. The van der Waals surface area contributed by atoms with Crippen molar-refractivity contribution in [3.63, 3.8) is 0 Å². The van der Waals surface area contributed by atoms with Crippen molar-refractivity contribution in [2.24, 2.45) is 27.9 Å². The molecule has 4 unspecified atom stereocenters. The van der Waals surface area contributed by atoms with Gasteiger partial charge in [-0.2, -0.15) is 0 Å². The topological polar surface area (TPSA) is 368 Å². The number of carbonyl (C=O) groups excluding carboxylic acids is 1. The molecule has 2 saturated carbocycles. The van der Waals surface area contributed by atoms with Crippen molar-refractivity contribution >= 4 is 11.9 Å². The Balaban J connectivity index is 1.54. The largest absolute Gasteiger partial charge is 0.395 e. The van der Waals surface area contributed by atoms with Crippen LogP contribution in [-0.4, -0.2) is 189 Å². The van der Waals surface area contributed by atoms with E-state index in [2.05, 4.69) is 20.9 Å². The van der Waals surface area contributed by atoms with Gasteiger partial charge in [0.05, 0.1) is 31.3 Å². The Kier molecular flexibility index (Phi) is 12.6. The second-order valence-electron chi connectivity index (χ2n) is 13.3. The third kappa shape index (κ3) is 8.34. The molecule has 2 heterocycles. The molecule has 0 aromatic rings. The lowest BCUT2D eigenvalue weighted by Crippen LogP contribution is -2.70. The first-order valence-corrected chi connectivity index (χ1v) is 15.8. The number of carbonyl (C=O) groups is 1. The van der Waals surface area contributed by atoms with Crippen LogP contribution in [0.3, 0.4) is 0 Å². The molecule has 278 valence electrons. The van der Waals surface area contributed by atoms with Crippen LogP contribution in [0.2, 0.25) is 0 Å². The maximum atomic E-state index is 13.2. The number of likely N-dealkylation sites (N-methyl/N-ethyl adjacent to an activating group) is 1. The van der Waals surface area contributed by atoms with Crippen molar-refractivity contribution in [1.29, 1.82) is 0 Å². The predicted octanol–water partition coefficient (Wildman–Crippen LogP) is -9.12. The highest BCUT2D eigenvalue weighted by atomic mass is 16.7. The number of aliphatic hydroxyl groups is 8. The third-order valence-electron chi connectivity index (χ3n) is 9.31. The standard InChI is InChI=1S/C27H52N8O13/c1-26(43)8-45-22(18(41)21(26)32-2)48-20-11(34-24(42)27(44)4-13(27)35-25(30)31)3-10(29)19(17(20)40)47-23-16(39)15(38)14(37)12(46-23)6-33-5-9(28)7-36/h9-23,32-33,36-41,43-44H,3-8,28-29H2,1-2H3,(H,34,42)(H4,30,31,35)/t9?,10-,11+,12+,13?,14+,15-,16+,17-,18+,19?,20-,21+,22+,23+,26-,27?/m0/s1. The van der Waals surface area contributed by atoms with Crippen LogP contribution in [0.5, 0.6) is 0 Å². The van der Waals surface area contributed by atoms with Gasteiger partial charge < -0.3 is 98.7 Å². The molecule has 19 N–H and O–H groups in total. The zero-order valence-electron chi connectivity index (χ0n) is 26.8. The molecule has 0 radical (unpaired) electrons. The Morgan fingerprint density at radius 3 is 2.31 bits per heavy atom. The maximum absolute atomic E-state index is 13.2. The molecule has 0 bridgehead atoms. The van der Waals surface area contributed by atoms with Gasteiger partial charge in [0.25, 0.3) is 5.91 Å². The van der Waals surface area contributed by atoms with E-state index in [1.807, 2.05) is 0 Å². The summed E-state index contributed by atoms with van der Waals surface area (Å²) in [6.07, 6.45) is -15.5. The van der Waals surface area contributed by atoms with Gasteiger partial charge in [0.15, 0.2) is 24.1 Å². The summed E-state index contributed by atoms with van der Waals surface area (Å²) in [6, 6.07) is -4.63. The molecule has 21 heteroatoms. The molecule has 4 fully saturated rings. The molecule has 4 rings (SSSR count). The van der Waals surface area contributed by atoms with Gasteiger partial charge in [0, 0.05) is 31.6 Å². The lowest BCUT2D eigenvalue weighted by molar-refractivity contribution is -0.330. The number of nitrogens with two attached hydrogens (primary N) is 4. The molecule has 48 heavy (non-hydrogen) atoms. The van der Waals surface area contributed by atoms with Crippen molar-refractivity contribution in [2.45, 2.75) is 123 Å². The molecule has 0 aromatic heterocycles. The minimum absolute atomic E-state index is 0.0608. The Hall–Kier alpha value is -1.90. The average Bonchev–Trinajstić information content (AvgIpc) is 3.67. The Morgan fingerprint density at radius 2 is 1.69 bits per heavy atom. The van der Waals surface area contributed by atoms with Crippen molar-refractivity contribution in [3.05, 3.63) is 0 Å². The van der Waals surface area contributed by atoms with Gasteiger partial charge in [0.1, 0.15) is 54.4 Å². The van der Waals surface area contributed by atoms with E-state index in [4.69, 9.17) is 47.0 Å². The Labute approximate surface area is 276 Å². The average molecular weight is 697 g/mol. The fourth-order valence-electron chi connectivity index (χ4n) is 6.39. The monoisotopic (exact) mass is 696 g/mol. The fraction of sp³-hybridized carbons (Fsp3) is 0.926. The van der Waals surface area contributed by atoms with Gasteiger partial charge in [-0.1, -0.05) is 0 Å². The van der Waals surface area contributed by atoms with Crippen molar-refractivity contribution in [1.82, 2.24) is 16.0 Å². The summed E-state index contributed by atoms with van der Waals surface area (Å²) < 4.78 is 23.3. The number of rotatable bonds is 13. The summed E-state index contributed by atoms with van der Waals surface area (Å²) in [4.78, 5) is 17.0. The fourth-order valence-corrected chi connectivity index (χ4v) is 6.39. The number of aliphatic hydroxyl groups excluding tert-OH is 6. The second-order valence-corrected chi connectivity index (χ2v) is 13.3. The van der Waals surface area contributed by atoms with E-state index in [1.54, 1.807) is 0 Å². The first kappa shape index (κ1) is 38.9. The first-order valence-electron chi connectivity index (χ1n) is 15.8. The normalized spacial score (nSPS) is 46.8. The quantitative estimate of drug-likeness (QED) is 0.0627. The van der Waals surface area contributed by atoms with Crippen molar-refractivity contribution in [3.8, 4) is 0 Å². The zero-order chi connectivity index (χ0) is 35.7. The summed E-state index contributed by atoms with van der Waals surface area (Å²) in [5.74, 6) is -1.20. The van der Waals surface area contributed by atoms with E-state index < -0.39 is 109 Å². The minimum Gasteiger partial charge on any atom is -0.395 e. The van der Waals surface area contributed by atoms with Crippen LogP contribution >= 0.6 is 0 Å². The van der Waals surface area contributed by atoms with E-state index >= 15 is 0 Å². The summed E-state index contributed by atoms with van der Waals surface area (Å²) in [5, 5.41) is 93.4. The summed E-state index contributed by atoms with van der Waals surface area (Å²) in [5.41, 5.74) is 19.4. The number of nitrogens with zero attached hydrogens (tertiary/aromatic N) is 1. The van der Waals surface area contributed by atoms with Crippen LogP contribution in [-0.2, 0) is 23.7 Å². The van der Waals surface area contributed by atoms with Gasteiger partial charge in [-0.05, 0) is 20.4 Å². The molecule has 0 spiro atoms. The zero-order valence-corrected chi connectivity index (χ0v) is 26.8. The van der Waals surface area contributed by atoms with Gasteiger partial charge in [-0.3, -0.25) is 4.79 Å². The number of amides is 1. The van der Waals surface area contributed by atoms with Crippen LogP contribution in [0.1, 0.15) is 19.8 Å². The number of hydrogen-bond acceptors (Lipinski definition) is 18. The van der Waals surface area contributed by atoms with E-state index in [-0.39, 0.29) is 45.1 Å². The van der Waals surface area contributed by atoms with Crippen molar-refractivity contribution in [2.75, 3.05) is 33.4 Å². The van der Waals surface area contributed by atoms with Crippen molar-refractivity contribution < 1.29 is 64.6 Å². The van der Waals surface area contributed by atoms with Crippen LogP contribution in [0.25, 0.3) is 0 Å². The van der Waals surface area contributed by atoms with E-state index in [0.29, 0.717) is 0 Å². The summed E-state index contributed by atoms with van der Waals surface area (Å²) >= 11 is 0. The number of guanidine groups is 1. The third-order valence-corrected chi connectivity index (χ3v) is 9.31. The lowest BCUT2D eigenvalue weighted by Gasteiger charge is -2.49. The minimum atomic E-state index is -1.95. The van der Waals surface area contributed by atoms with E-state index in [9.17, 15) is 40.5 Å². The molecule has 17 atom stereocenters. The number of hydrogen-bond donors (Lipinski definition) is 15. The maximum Gasteiger partial charge on any atom is 0.254 e. The Morgan fingerprint density at radius 1 is 1.02 bits per heavy atom. The SMILES string of the molecule is CN[C@@H]1[C@@H](O)[C@@H](O[C@H]2[C@H](NC(=O)C3(O)CC3N=C(N)N)C[C@H](N)C(O[C@H]3O[C@H](CNCC(N)CO)[C@@H](O)[C@H](O)[C@H]3O)[C@@H]2O)OC[C@]1(C)O. The van der Waals surface area contributed by atoms with Gasteiger partial charge in [-0.15, -0.1) is 0 Å². The van der Waals surface area contributed by atoms with E-state index in [0.717, 1.165) is 0 Å². The Bertz CT molecular complexity index is 1120. The number of ether oxygens (including phenoxy) is 4. The molecule has 0 aromatic carbocycles. The predicted molar refractivity (Wildman–Crippen MR) is 163 cm³/mol. The highest BCUT2D eigenvalue weighted by molar-refractivity contribution is 5.90. The first-order chi connectivity index (χ1) is 22.4. The summed E-state index contributed by atoms with van der Waals surface area (Å²) in [6.45, 7) is 0.953. The molecule has 2 aliphatic carbocycles. The molecular weight excluding hydrogens is 644 g/mol. The van der Waals surface area contributed by atoms with Crippen LogP contribution < -0.4 is 38.9 Å². The molecule has 21 nitrogen and oxygen atoms in total. The highest BCUT2D eigenvalue weighted by Crippen LogP contribution is 2.40. The van der Waals surface area contributed by atoms with Crippen LogP contribution in [0.15, 0.2) is 4.99 Å². The molecule has 2 saturated heterocycles. The van der Waals surface area contributed by atoms with Gasteiger partial charge >= 0.3 is 0 Å². The van der Waals surface area contributed by atoms with Crippen LogP contribution in [0, 0.1) is 0 Å². The molecular formula is C27H52N8O13. The molecule has 2 aliphatic heterocycles. The molecule has 4 aliphatic rings.